The quantitative estimate of drug-likeness (QED) is 0.469. The van der Waals surface area contributed by atoms with E-state index in [4.69, 9.17) is 16.6 Å². The topological polar surface area (TPSA) is 43.6 Å². The molecule has 1 aromatic carbocycles. The highest BCUT2D eigenvalue weighted by atomic mass is 35.5. The van der Waals surface area contributed by atoms with Crippen molar-refractivity contribution < 1.29 is 13.2 Å². The van der Waals surface area contributed by atoms with E-state index in [1.165, 1.54) is 12.4 Å². The van der Waals surface area contributed by atoms with Gasteiger partial charge in [0.1, 0.15) is 23.4 Å². The molecule has 0 aliphatic rings. The van der Waals surface area contributed by atoms with E-state index in [0.29, 0.717) is 28.8 Å². The molecule has 152 valence electrons. The lowest BCUT2D eigenvalue weighted by atomic mass is 10.1. The summed E-state index contributed by atoms with van der Waals surface area (Å²) in [6.45, 7) is 5.85. The minimum absolute atomic E-state index is 0.0362. The lowest BCUT2D eigenvalue weighted by Gasteiger charge is -2.15. The summed E-state index contributed by atoms with van der Waals surface area (Å²) in [5.41, 5.74) is 1.08. The smallest absolute Gasteiger partial charge is 0.298 e. The highest BCUT2D eigenvalue weighted by Gasteiger charge is 2.31. The normalized spacial score (nSPS) is 12.7. The Bertz CT molecular complexity index is 1090. The number of halogens is 4. The van der Waals surface area contributed by atoms with Crippen molar-refractivity contribution in [1.82, 2.24) is 19.5 Å². The van der Waals surface area contributed by atoms with Gasteiger partial charge in [-0.1, -0.05) is 43.9 Å². The lowest BCUT2D eigenvalue weighted by Crippen LogP contribution is -2.11. The number of benzene rings is 1. The molecular weight excluding hydrogens is 401 g/mol. The van der Waals surface area contributed by atoms with Crippen LogP contribution in [0.25, 0.3) is 22.4 Å². The van der Waals surface area contributed by atoms with Gasteiger partial charge in [-0.05, 0) is 25.5 Å². The maximum Gasteiger partial charge on any atom is 0.416 e. The second kappa shape index (κ2) is 8.42. The van der Waals surface area contributed by atoms with Crippen LogP contribution in [0.5, 0.6) is 0 Å². The lowest BCUT2D eigenvalue weighted by molar-refractivity contribution is -0.137. The fourth-order valence-electron chi connectivity index (χ4n) is 3.32. The molecule has 0 saturated heterocycles. The van der Waals surface area contributed by atoms with Gasteiger partial charge < -0.3 is 0 Å². The largest absolute Gasteiger partial charge is 0.416 e. The molecule has 0 N–H and O–H groups in total. The Morgan fingerprint density at radius 1 is 1.21 bits per heavy atom. The Labute approximate surface area is 172 Å². The molecule has 2 aromatic heterocycles. The number of rotatable bonds is 5. The third kappa shape index (κ3) is 4.08. The van der Waals surface area contributed by atoms with E-state index in [0.717, 1.165) is 30.8 Å². The van der Waals surface area contributed by atoms with Crippen LogP contribution in [-0.4, -0.2) is 19.5 Å². The van der Waals surface area contributed by atoms with Gasteiger partial charge in [0.2, 0.25) is 0 Å². The SMILES string of the molecule is CC#CC(CCC)n1c(CC)nc2c(-c3ccc(C(F)(F)F)cc3Cl)ncnc21. The third-order valence-electron chi connectivity index (χ3n) is 4.60. The number of nitrogens with zero attached hydrogens (tertiary/aromatic N) is 4. The van der Waals surface area contributed by atoms with Crippen molar-refractivity contribution in [2.75, 3.05) is 0 Å². The fourth-order valence-corrected chi connectivity index (χ4v) is 3.59. The standard InChI is InChI=1S/C21H20ClF3N4/c1-4-7-14(8-5-2)29-17(6-3)28-19-18(26-12-27-20(19)29)15-10-9-13(11-16(15)22)21(23,24)25/h9-12,14H,4,6-7H2,1-3H3. The molecule has 0 aliphatic heterocycles. The van der Waals surface area contributed by atoms with Crippen molar-refractivity contribution in [1.29, 1.82) is 0 Å². The van der Waals surface area contributed by atoms with Crippen molar-refractivity contribution in [2.24, 2.45) is 0 Å². The minimum atomic E-state index is -4.47. The van der Waals surface area contributed by atoms with E-state index in [1.807, 2.05) is 11.5 Å². The van der Waals surface area contributed by atoms with E-state index >= 15 is 0 Å². The number of imidazole rings is 1. The summed E-state index contributed by atoms with van der Waals surface area (Å²) < 4.78 is 40.9. The summed E-state index contributed by atoms with van der Waals surface area (Å²) in [7, 11) is 0. The molecule has 0 fully saturated rings. The first-order valence-electron chi connectivity index (χ1n) is 9.32. The average molecular weight is 421 g/mol. The molecule has 0 amide bonds. The molecule has 3 aromatic rings. The van der Waals surface area contributed by atoms with Crippen molar-refractivity contribution in [3.05, 3.63) is 40.9 Å². The van der Waals surface area contributed by atoms with Gasteiger partial charge in [0.05, 0.1) is 16.6 Å². The van der Waals surface area contributed by atoms with E-state index in [9.17, 15) is 13.2 Å². The number of hydrogen-bond donors (Lipinski definition) is 0. The predicted octanol–water partition coefficient (Wildman–Crippen LogP) is 6.09. The van der Waals surface area contributed by atoms with E-state index < -0.39 is 11.7 Å². The highest BCUT2D eigenvalue weighted by Crippen LogP contribution is 2.37. The Hall–Kier alpha value is -2.59. The molecule has 0 aliphatic carbocycles. The number of aromatic nitrogens is 4. The molecule has 0 spiro atoms. The monoisotopic (exact) mass is 420 g/mol. The average Bonchev–Trinajstić information content (AvgIpc) is 3.06. The Morgan fingerprint density at radius 2 is 1.97 bits per heavy atom. The number of fused-ring (bicyclic) bond motifs is 1. The molecule has 1 unspecified atom stereocenters. The first-order chi connectivity index (χ1) is 13.8. The van der Waals surface area contributed by atoms with Crippen LogP contribution in [0.15, 0.2) is 24.5 Å². The first kappa shape index (κ1) is 21.1. The molecule has 0 radical (unpaired) electrons. The van der Waals surface area contributed by atoms with Crippen LogP contribution in [0, 0.1) is 11.8 Å². The third-order valence-corrected chi connectivity index (χ3v) is 4.92. The second-order valence-electron chi connectivity index (χ2n) is 6.54. The van der Waals surface area contributed by atoms with Gasteiger partial charge in [-0.3, -0.25) is 4.57 Å². The van der Waals surface area contributed by atoms with E-state index in [1.54, 1.807) is 6.92 Å². The van der Waals surface area contributed by atoms with Gasteiger partial charge in [0.15, 0.2) is 5.65 Å². The molecule has 3 rings (SSSR count). The molecule has 0 bridgehead atoms. The molecular formula is C21H20ClF3N4. The summed E-state index contributed by atoms with van der Waals surface area (Å²) in [5, 5.41) is -0.0362. The molecule has 1 atom stereocenters. The van der Waals surface area contributed by atoms with E-state index in [2.05, 4.69) is 28.7 Å². The highest BCUT2D eigenvalue weighted by molar-refractivity contribution is 6.33. The summed E-state index contributed by atoms with van der Waals surface area (Å²) in [4.78, 5) is 13.4. The van der Waals surface area contributed by atoms with Gasteiger partial charge >= 0.3 is 6.18 Å². The Kier molecular flexibility index (Phi) is 6.13. The zero-order valence-electron chi connectivity index (χ0n) is 16.3. The van der Waals surface area contributed by atoms with E-state index in [-0.39, 0.29) is 11.1 Å². The number of hydrogen-bond acceptors (Lipinski definition) is 3. The first-order valence-corrected chi connectivity index (χ1v) is 9.70. The van der Waals surface area contributed by atoms with Crippen LogP contribution in [-0.2, 0) is 12.6 Å². The summed E-state index contributed by atoms with van der Waals surface area (Å²) in [5.74, 6) is 6.97. The number of alkyl halides is 3. The van der Waals surface area contributed by atoms with Gasteiger partial charge in [-0.15, -0.1) is 5.92 Å². The molecule has 0 saturated carbocycles. The number of aryl methyl sites for hydroxylation is 1. The minimum Gasteiger partial charge on any atom is -0.298 e. The Morgan fingerprint density at radius 3 is 2.55 bits per heavy atom. The second-order valence-corrected chi connectivity index (χ2v) is 6.94. The molecule has 8 heteroatoms. The zero-order valence-corrected chi connectivity index (χ0v) is 17.1. The maximum absolute atomic E-state index is 13.0. The van der Waals surface area contributed by atoms with Gasteiger partial charge in [0.25, 0.3) is 0 Å². The molecule has 2 heterocycles. The van der Waals surface area contributed by atoms with Crippen LogP contribution < -0.4 is 0 Å². The van der Waals surface area contributed by atoms with Crippen molar-refractivity contribution in [3.8, 4) is 23.1 Å². The van der Waals surface area contributed by atoms with Crippen LogP contribution in [0.2, 0.25) is 5.02 Å². The van der Waals surface area contributed by atoms with Crippen molar-refractivity contribution in [3.63, 3.8) is 0 Å². The maximum atomic E-state index is 13.0. The summed E-state index contributed by atoms with van der Waals surface area (Å²) in [6.07, 6.45) is -0.662. The zero-order chi connectivity index (χ0) is 21.2. The molecule has 4 nitrogen and oxygen atoms in total. The predicted molar refractivity (Wildman–Crippen MR) is 108 cm³/mol. The van der Waals surface area contributed by atoms with Crippen LogP contribution in [0.3, 0.4) is 0 Å². The molecule has 29 heavy (non-hydrogen) atoms. The summed E-state index contributed by atoms with van der Waals surface area (Å²) in [6, 6.07) is 3.14. The van der Waals surface area contributed by atoms with Crippen molar-refractivity contribution in [2.45, 2.75) is 52.3 Å². The fraction of sp³-hybridized carbons (Fsp3) is 0.381. The van der Waals surface area contributed by atoms with Gasteiger partial charge in [-0.25, -0.2) is 15.0 Å². The summed E-state index contributed by atoms with van der Waals surface area (Å²) >= 11 is 6.20. The van der Waals surface area contributed by atoms with Crippen LogP contribution in [0.1, 0.15) is 51.0 Å². The van der Waals surface area contributed by atoms with Gasteiger partial charge in [-0.2, -0.15) is 13.2 Å². The van der Waals surface area contributed by atoms with Crippen LogP contribution >= 0.6 is 11.6 Å². The van der Waals surface area contributed by atoms with Gasteiger partial charge in [0, 0.05) is 12.0 Å². The van der Waals surface area contributed by atoms with Crippen LogP contribution in [0.4, 0.5) is 13.2 Å². The van der Waals surface area contributed by atoms with Crippen molar-refractivity contribution >= 4 is 22.8 Å². The Balaban J connectivity index is 2.23.